The molecule has 1 aromatic heterocycles. The first-order chi connectivity index (χ1) is 7.84. The van der Waals surface area contributed by atoms with Crippen LogP contribution in [0.2, 0.25) is 0 Å². The van der Waals surface area contributed by atoms with E-state index in [2.05, 4.69) is 54.2 Å². The molecule has 16 heavy (non-hydrogen) atoms. The van der Waals surface area contributed by atoms with Crippen LogP contribution in [0.3, 0.4) is 0 Å². The fourth-order valence-corrected chi connectivity index (χ4v) is 2.03. The molecule has 1 nitrogen and oxygen atoms in total. The van der Waals surface area contributed by atoms with E-state index in [1.54, 1.807) is 0 Å². The maximum absolute atomic E-state index is 3.11. The second-order valence-corrected chi connectivity index (χ2v) is 3.99. The smallest absolute Gasteiger partial charge is 0.0478 e. The Morgan fingerprint density at radius 3 is 2.81 bits per heavy atom. The first-order valence-corrected chi connectivity index (χ1v) is 5.36. The van der Waals surface area contributed by atoms with Crippen molar-refractivity contribution >= 4 is 10.9 Å². The number of hydrogen-bond donors (Lipinski definition) is 0. The van der Waals surface area contributed by atoms with Crippen LogP contribution < -0.4 is 0 Å². The molecule has 77 valence electrons. The Balaban J connectivity index is 2.19. The summed E-state index contributed by atoms with van der Waals surface area (Å²) in [5, 5.41) is 1.28. The highest BCUT2D eigenvalue weighted by Gasteiger charge is 2.01. The Morgan fingerprint density at radius 2 is 2.00 bits per heavy atom. The molecule has 0 N–H and O–H groups in total. The van der Waals surface area contributed by atoms with Crippen molar-refractivity contribution in [1.82, 2.24) is 4.57 Å². The molecule has 0 saturated carbocycles. The molecule has 0 bridgehead atoms. The van der Waals surface area contributed by atoms with E-state index in [9.17, 15) is 0 Å². The zero-order valence-corrected chi connectivity index (χ0v) is 9.14. The Kier molecular flexibility index (Phi) is 2.03. The zero-order chi connectivity index (χ0) is 11.0. The third-order valence-corrected chi connectivity index (χ3v) is 2.93. The van der Waals surface area contributed by atoms with Crippen molar-refractivity contribution in [3.8, 4) is 11.1 Å². The summed E-state index contributed by atoms with van der Waals surface area (Å²) in [5.41, 5.74) is 3.73. The molecule has 0 amide bonds. The summed E-state index contributed by atoms with van der Waals surface area (Å²) in [5.74, 6) is 0. The number of hydrogen-bond acceptors (Lipinski definition) is 0. The third-order valence-electron chi connectivity index (χ3n) is 2.93. The van der Waals surface area contributed by atoms with Gasteiger partial charge in [0.15, 0.2) is 0 Å². The standard InChI is InChI=1S/C15H12N/c1-16-10-9-14-11-13(7-8-15(14)16)12-5-3-2-4-6-12/h2-3,5-11H,1H3. The summed E-state index contributed by atoms with van der Waals surface area (Å²) < 4.78 is 2.14. The molecule has 0 atom stereocenters. The van der Waals surface area contributed by atoms with Crippen LogP contribution in [0.5, 0.6) is 0 Å². The molecule has 1 radical (unpaired) electrons. The number of rotatable bonds is 1. The van der Waals surface area contributed by atoms with Crippen molar-refractivity contribution in [2.24, 2.45) is 7.05 Å². The predicted octanol–water partition coefficient (Wildman–Crippen LogP) is 3.65. The molecule has 3 aromatic rings. The number of benzene rings is 2. The second kappa shape index (κ2) is 3.53. The summed E-state index contributed by atoms with van der Waals surface area (Å²) in [4.78, 5) is 0. The Labute approximate surface area is 95.0 Å². The fraction of sp³-hybridized carbons (Fsp3) is 0.0667. The Hall–Kier alpha value is -2.02. The van der Waals surface area contributed by atoms with Gasteiger partial charge in [0.2, 0.25) is 0 Å². The van der Waals surface area contributed by atoms with Crippen molar-refractivity contribution in [2.75, 3.05) is 0 Å². The summed E-state index contributed by atoms with van der Waals surface area (Å²) >= 11 is 0. The van der Waals surface area contributed by atoms with Crippen molar-refractivity contribution < 1.29 is 0 Å². The number of aromatic nitrogens is 1. The Morgan fingerprint density at radius 1 is 1.06 bits per heavy atom. The number of aryl methyl sites for hydroxylation is 1. The largest absolute Gasteiger partial charge is 0.351 e. The third kappa shape index (κ3) is 1.41. The molecular formula is C15H12N. The van der Waals surface area contributed by atoms with E-state index in [1.165, 1.54) is 22.0 Å². The summed E-state index contributed by atoms with van der Waals surface area (Å²) in [6.45, 7) is 0. The lowest BCUT2D eigenvalue weighted by atomic mass is 10.0. The van der Waals surface area contributed by atoms with Crippen LogP contribution in [0.25, 0.3) is 22.0 Å². The number of nitrogens with zero attached hydrogens (tertiary/aromatic N) is 1. The van der Waals surface area contributed by atoms with Crippen molar-refractivity contribution in [3.63, 3.8) is 0 Å². The van der Waals surface area contributed by atoms with Gasteiger partial charge in [-0.2, -0.15) is 0 Å². The molecule has 1 heteroatoms. The van der Waals surface area contributed by atoms with Gasteiger partial charge in [0, 0.05) is 24.1 Å². The average molecular weight is 206 g/mol. The van der Waals surface area contributed by atoms with Gasteiger partial charge in [-0.05, 0) is 41.5 Å². The Bertz CT molecular complexity index is 620. The van der Waals surface area contributed by atoms with E-state index >= 15 is 0 Å². The summed E-state index contributed by atoms with van der Waals surface area (Å²) in [7, 11) is 2.07. The average Bonchev–Trinajstić information content (AvgIpc) is 2.72. The van der Waals surface area contributed by atoms with Crippen LogP contribution >= 0.6 is 0 Å². The molecule has 0 aliphatic heterocycles. The van der Waals surface area contributed by atoms with E-state index < -0.39 is 0 Å². The highest BCUT2D eigenvalue weighted by atomic mass is 14.9. The van der Waals surface area contributed by atoms with Gasteiger partial charge in [0.25, 0.3) is 0 Å². The molecular weight excluding hydrogens is 194 g/mol. The van der Waals surface area contributed by atoms with Crippen molar-refractivity contribution in [2.45, 2.75) is 0 Å². The van der Waals surface area contributed by atoms with Crippen LogP contribution in [-0.4, -0.2) is 4.57 Å². The maximum Gasteiger partial charge on any atom is 0.0478 e. The minimum atomic E-state index is 1.22. The lowest BCUT2D eigenvalue weighted by Crippen LogP contribution is -1.83. The summed E-state index contributed by atoms with van der Waals surface area (Å²) in [6, 6.07) is 19.9. The summed E-state index contributed by atoms with van der Waals surface area (Å²) in [6.07, 6.45) is 2.09. The predicted molar refractivity (Wildman–Crippen MR) is 67.2 cm³/mol. The van der Waals surface area contributed by atoms with E-state index in [4.69, 9.17) is 0 Å². The SMILES string of the molecule is Cn1ccc2cc(-c3c[c]ccc3)ccc21. The van der Waals surface area contributed by atoms with Crippen molar-refractivity contribution in [1.29, 1.82) is 0 Å². The lowest BCUT2D eigenvalue weighted by Gasteiger charge is -2.02. The van der Waals surface area contributed by atoms with Crippen LogP contribution in [-0.2, 0) is 7.05 Å². The molecule has 2 aromatic carbocycles. The van der Waals surface area contributed by atoms with Crippen LogP contribution in [0.4, 0.5) is 0 Å². The number of fused-ring (bicyclic) bond motifs is 1. The van der Waals surface area contributed by atoms with Gasteiger partial charge in [-0.3, -0.25) is 0 Å². The van der Waals surface area contributed by atoms with Crippen LogP contribution in [0.15, 0.2) is 54.7 Å². The molecule has 0 aliphatic carbocycles. The topological polar surface area (TPSA) is 4.93 Å². The lowest BCUT2D eigenvalue weighted by molar-refractivity contribution is 0.969. The van der Waals surface area contributed by atoms with Gasteiger partial charge in [0.1, 0.15) is 0 Å². The minimum Gasteiger partial charge on any atom is -0.351 e. The molecule has 0 spiro atoms. The molecule has 0 saturated heterocycles. The van der Waals surface area contributed by atoms with E-state index in [0.29, 0.717) is 0 Å². The normalized spacial score (nSPS) is 10.8. The molecule has 3 rings (SSSR count). The van der Waals surface area contributed by atoms with E-state index in [1.807, 2.05) is 18.2 Å². The van der Waals surface area contributed by atoms with E-state index in [0.717, 1.165) is 0 Å². The molecule has 1 heterocycles. The minimum absolute atomic E-state index is 1.22. The van der Waals surface area contributed by atoms with Gasteiger partial charge in [-0.25, -0.2) is 0 Å². The van der Waals surface area contributed by atoms with Gasteiger partial charge >= 0.3 is 0 Å². The second-order valence-electron chi connectivity index (χ2n) is 3.99. The first kappa shape index (κ1) is 9.22. The van der Waals surface area contributed by atoms with E-state index in [-0.39, 0.29) is 0 Å². The van der Waals surface area contributed by atoms with Crippen molar-refractivity contribution in [3.05, 3.63) is 60.8 Å². The highest BCUT2D eigenvalue weighted by molar-refractivity contribution is 5.85. The van der Waals surface area contributed by atoms with Gasteiger partial charge in [0.05, 0.1) is 0 Å². The van der Waals surface area contributed by atoms with Crippen LogP contribution in [0, 0.1) is 6.07 Å². The van der Waals surface area contributed by atoms with Gasteiger partial charge < -0.3 is 4.57 Å². The molecule has 0 fully saturated rings. The van der Waals surface area contributed by atoms with Gasteiger partial charge in [-0.1, -0.05) is 24.3 Å². The molecule has 0 aliphatic rings. The monoisotopic (exact) mass is 206 g/mol. The highest BCUT2D eigenvalue weighted by Crippen LogP contribution is 2.24. The first-order valence-electron chi connectivity index (χ1n) is 5.36. The zero-order valence-electron chi connectivity index (χ0n) is 9.14. The van der Waals surface area contributed by atoms with Gasteiger partial charge in [-0.15, -0.1) is 0 Å². The maximum atomic E-state index is 3.11. The fourth-order valence-electron chi connectivity index (χ4n) is 2.03. The molecule has 0 unspecified atom stereocenters. The van der Waals surface area contributed by atoms with Crippen LogP contribution in [0.1, 0.15) is 0 Å². The quantitative estimate of drug-likeness (QED) is 0.572.